The lowest BCUT2D eigenvalue weighted by Gasteiger charge is -2.18. The van der Waals surface area contributed by atoms with E-state index in [2.05, 4.69) is 4.98 Å². The van der Waals surface area contributed by atoms with Crippen molar-refractivity contribution >= 4 is 38.7 Å². The minimum absolute atomic E-state index is 0.139. The van der Waals surface area contributed by atoms with Crippen LogP contribution in [0.15, 0.2) is 61.2 Å². The quantitative estimate of drug-likeness (QED) is 0.324. The number of benzene rings is 2. The molecule has 1 amide bonds. The Labute approximate surface area is 201 Å². The summed E-state index contributed by atoms with van der Waals surface area (Å²) in [7, 11) is 0. The molecule has 0 saturated carbocycles. The summed E-state index contributed by atoms with van der Waals surface area (Å²) in [6.07, 6.45) is 9.56. The molecule has 174 valence electrons. The lowest BCUT2D eigenvalue weighted by atomic mass is 10.2. The number of fused-ring (bicyclic) bond motifs is 2. The first kappa shape index (κ1) is 22.0. The number of ether oxygens (including phenoxy) is 3. The number of hydrogen-bond acceptors (Lipinski definition) is 7. The first-order chi connectivity index (χ1) is 16.7. The zero-order chi connectivity index (χ0) is 23.3. The molecule has 2 aromatic carbocycles. The molecule has 4 aromatic rings. The molecule has 3 heterocycles. The Bertz CT molecular complexity index is 1320. The van der Waals surface area contributed by atoms with Crippen molar-refractivity contribution in [3.8, 4) is 17.2 Å². The highest BCUT2D eigenvalue weighted by molar-refractivity contribution is 7.22. The average Bonchev–Trinajstić information content (AvgIpc) is 3.61. The van der Waals surface area contributed by atoms with Gasteiger partial charge in [0.2, 0.25) is 6.79 Å². The number of imidazole rings is 1. The summed E-state index contributed by atoms with van der Waals surface area (Å²) in [5.74, 6) is 1.98. The summed E-state index contributed by atoms with van der Waals surface area (Å²) in [6, 6.07) is 11.4. The summed E-state index contributed by atoms with van der Waals surface area (Å²) in [4.78, 5) is 23.9. The van der Waals surface area contributed by atoms with Crippen LogP contribution in [0.1, 0.15) is 18.9 Å². The van der Waals surface area contributed by atoms with Crippen molar-refractivity contribution in [2.75, 3.05) is 24.8 Å². The van der Waals surface area contributed by atoms with E-state index in [4.69, 9.17) is 19.2 Å². The molecule has 8 nitrogen and oxygen atoms in total. The fraction of sp³-hybridized carbons (Fsp3) is 0.240. The first-order valence-electron chi connectivity index (χ1n) is 11.1. The minimum atomic E-state index is -0.139. The highest BCUT2D eigenvalue weighted by Crippen LogP contribution is 2.35. The number of aromatic nitrogens is 3. The summed E-state index contributed by atoms with van der Waals surface area (Å²) < 4.78 is 19.5. The number of hydrogen-bond donors (Lipinski definition) is 0. The molecule has 0 aliphatic carbocycles. The van der Waals surface area contributed by atoms with E-state index in [1.807, 2.05) is 54.1 Å². The Morgan fingerprint density at radius 2 is 2.18 bits per heavy atom. The second kappa shape index (κ2) is 9.96. The van der Waals surface area contributed by atoms with Gasteiger partial charge in [0.25, 0.3) is 5.91 Å². The Hall–Kier alpha value is -3.85. The normalized spacial score (nSPS) is 12.5. The molecular weight excluding hydrogens is 452 g/mol. The molecule has 0 saturated heterocycles. The third-order valence-corrected chi connectivity index (χ3v) is 6.38. The number of carbonyl (C=O) groups excluding carboxylic acids is 1. The Balaban J connectivity index is 1.39. The zero-order valence-corrected chi connectivity index (χ0v) is 19.5. The number of thiazole rings is 1. The summed E-state index contributed by atoms with van der Waals surface area (Å²) >= 11 is 1.48. The molecule has 0 unspecified atom stereocenters. The zero-order valence-electron chi connectivity index (χ0n) is 18.7. The number of rotatable bonds is 9. The van der Waals surface area contributed by atoms with E-state index < -0.39 is 0 Å². The van der Waals surface area contributed by atoms with Crippen molar-refractivity contribution in [1.29, 1.82) is 0 Å². The van der Waals surface area contributed by atoms with Gasteiger partial charge in [0.1, 0.15) is 11.3 Å². The molecule has 0 radical (unpaired) electrons. The van der Waals surface area contributed by atoms with Crippen LogP contribution in [-0.4, -0.2) is 40.4 Å². The van der Waals surface area contributed by atoms with Crippen LogP contribution in [0.4, 0.5) is 5.13 Å². The molecule has 9 heteroatoms. The molecule has 1 aliphatic rings. The maximum absolute atomic E-state index is 13.3. The summed E-state index contributed by atoms with van der Waals surface area (Å²) in [6.45, 7) is 3.99. The average molecular weight is 477 g/mol. The Morgan fingerprint density at radius 3 is 3.03 bits per heavy atom. The van der Waals surface area contributed by atoms with Crippen molar-refractivity contribution < 1.29 is 19.0 Å². The Kier molecular flexibility index (Phi) is 6.44. The third kappa shape index (κ3) is 4.74. The van der Waals surface area contributed by atoms with Gasteiger partial charge in [-0.25, -0.2) is 9.97 Å². The second-order valence-electron chi connectivity index (χ2n) is 7.62. The minimum Gasteiger partial charge on any atom is -0.492 e. The summed E-state index contributed by atoms with van der Waals surface area (Å²) in [5.41, 5.74) is 1.63. The molecule has 1 aliphatic heterocycles. The van der Waals surface area contributed by atoms with E-state index in [0.29, 0.717) is 29.8 Å². The van der Waals surface area contributed by atoms with Crippen LogP contribution >= 0.6 is 11.3 Å². The van der Waals surface area contributed by atoms with Gasteiger partial charge in [-0.05, 0) is 49.2 Å². The molecule has 0 atom stereocenters. The Morgan fingerprint density at radius 1 is 1.26 bits per heavy atom. The van der Waals surface area contributed by atoms with Crippen LogP contribution in [0.25, 0.3) is 16.3 Å². The standard InChI is InChI=1S/C25H24N4O4S/c1-2-31-20-5-3-6-22-24(20)27-25(34-22)29(13-4-12-28-14-11-26-16-28)23(30)10-8-18-7-9-19-21(15-18)33-17-32-19/h3,5-11,14-16H,2,4,12-13,17H2,1H3/b10-8+. The van der Waals surface area contributed by atoms with E-state index in [0.717, 1.165) is 34.5 Å². The molecule has 2 aromatic heterocycles. The van der Waals surface area contributed by atoms with Crippen molar-refractivity contribution in [3.05, 3.63) is 66.8 Å². The van der Waals surface area contributed by atoms with E-state index >= 15 is 0 Å². The van der Waals surface area contributed by atoms with Crippen molar-refractivity contribution in [2.24, 2.45) is 0 Å². The van der Waals surface area contributed by atoms with Gasteiger partial charge in [-0.1, -0.05) is 23.5 Å². The second-order valence-corrected chi connectivity index (χ2v) is 8.63. The predicted octanol–water partition coefficient (Wildman–Crippen LogP) is 4.76. The van der Waals surface area contributed by atoms with E-state index in [1.54, 1.807) is 29.6 Å². The largest absolute Gasteiger partial charge is 0.492 e. The lowest BCUT2D eigenvalue weighted by molar-refractivity contribution is -0.114. The molecule has 0 spiro atoms. The van der Waals surface area contributed by atoms with E-state index in [1.165, 1.54) is 11.3 Å². The number of aryl methyl sites for hydroxylation is 1. The number of para-hydroxylation sites is 1. The number of amides is 1. The monoisotopic (exact) mass is 476 g/mol. The molecule has 0 fully saturated rings. The SMILES string of the molecule is CCOc1cccc2sc(N(CCCn3ccnc3)C(=O)/C=C/c3ccc4c(c3)OCO4)nc12. The third-order valence-electron chi connectivity index (χ3n) is 5.34. The van der Waals surface area contributed by atoms with Crippen LogP contribution in [0.3, 0.4) is 0 Å². The maximum Gasteiger partial charge on any atom is 0.252 e. The highest BCUT2D eigenvalue weighted by Gasteiger charge is 2.19. The molecule has 34 heavy (non-hydrogen) atoms. The van der Waals surface area contributed by atoms with Crippen LogP contribution in [0.2, 0.25) is 0 Å². The van der Waals surface area contributed by atoms with Crippen LogP contribution < -0.4 is 19.1 Å². The number of carbonyl (C=O) groups is 1. The van der Waals surface area contributed by atoms with Gasteiger partial charge in [0.05, 0.1) is 17.6 Å². The van der Waals surface area contributed by atoms with Gasteiger partial charge in [0, 0.05) is 31.6 Å². The fourth-order valence-electron chi connectivity index (χ4n) is 3.70. The predicted molar refractivity (Wildman–Crippen MR) is 132 cm³/mol. The van der Waals surface area contributed by atoms with Crippen LogP contribution in [0.5, 0.6) is 17.2 Å². The smallest absolute Gasteiger partial charge is 0.252 e. The lowest BCUT2D eigenvalue weighted by Crippen LogP contribution is -2.30. The molecular formula is C25H24N4O4S. The van der Waals surface area contributed by atoms with Crippen LogP contribution in [-0.2, 0) is 11.3 Å². The van der Waals surface area contributed by atoms with Crippen molar-refractivity contribution in [2.45, 2.75) is 19.9 Å². The molecule has 5 rings (SSSR count). The van der Waals surface area contributed by atoms with Crippen molar-refractivity contribution in [3.63, 3.8) is 0 Å². The van der Waals surface area contributed by atoms with Gasteiger partial charge in [0.15, 0.2) is 16.6 Å². The first-order valence-corrected chi connectivity index (χ1v) is 11.9. The van der Waals surface area contributed by atoms with E-state index in [9.17, 15) is 4.79 Å². The summed E-state index contributed by atoms with van der Waals surface area (Å²) in [5, 5.41) is 0.646. The van der Waals surface area contributed by atoms with Gasteiger partial charge < -0.3 is 18.8 Å². The van der Waals surface area contributed by atoms with Crippen LogP contribution in [0, 0.1) is 0 Å². The topological polar surface area (TPSA) is 78.7 Å². The van der Waals surface area contributed by atoms with Gasteiger partial charge in [-0.3, -0.25) is 9.69 Å². The van der Waals surface area contributed by atoms with Gasteiger partial charge in [-0.15, -0.1) is 0 Å². The number of anilines is 1. The number of nitrogens with zero attached hydrogens (tertiary/aromatic N) is 4. The van der Waals surface area contributed by atoms with E-state index in [-0.39, 0.29) is 12.7 Å². The van der Waals surface area contributed by atoms with Crippen molar-refractivity contribution in [1.82, 2.24) is 14.5 Å². The molecule has 0 bridgehead atoms. The highest BCUT2D eigenvalue weighted by atomic mass is 32.1. The van der Waals surface area contributed by atoms with Gasteiger partial charge in [-0.2, -0.15) is 0 Å². The fourth-order valence-corrected chi connectivity index (χ4v) is 4.72. The maximum atomic E-state index is 13.3. The molecule has 0 N–H and O–H groups in total. The van der Waals surface area contributed by atoms with Gasteiger partial charge >= 0.3 is 0 Å².